The van der Waals surface area contributed by atoms with E-state index < -0.39 is 0 Å². The van der Waals surface area contributed by atoms with Gasteiger partial charge in [-0.05, 0) is 31.4 Å². The largest absolute Gasteiger partial charge is 0.356 e. The Hall–Kier alpha value is -2.63. The standard InChI is InChI=1S/C22H28N4O2/c1-14-20-16(15-8-5-6-9-17(15)23-20)12-13-26(14)19(27)11-7-10-18-24-21(25-28-18)22(2,3)4/h5-6,8-9,14,23H,7,10-13H2,1-4H3/t14-/m1/s1. The Labute approximate surface area is 165 Å². The molecule has 28 heavy (non-hydrogen) atoms. The Morgan fingerprint density at radius 1 is 1.32 bits per heavy atom. The van der Waals surface area contributed by atoms with Crippen LogP contribution >= 0.6 is 0 Å². The van der Waals surface area contributed by atoms with Gasteiger partial charge in [-0.15, -0.1) is 0 Å². The fraction of sp³-hybridized carbons (Fsp3) is 0.500. The summed E-state index contributed by atoms with van der Waals surface area (Å²) in [4.78, 5) is 22.8. The molecule has 1 aromatic carbocycles. The minimum atomic E-state index is -0.127. The van der Waals surface area contributed by atoms with Crippen molar-refractivity contribution in [2.24, 2.45) is 0 Å². The summed E-state index contributed by atoms with van der Waals surface area (Å²) in [5.74, 6) is 1.51. The van der Waals surface area contributed by atoms with Crippen LogP contribution in [0.25, 0.3) is 10.9 Å². The van der Waals surface area contributed by atoms with E-state index in [0.29, 0.717) is 31.0 Å². The number of aromatic amines is 1. The Kier molecular flexibility index (Phi) is 4.73. The molecule has 1 amide bonds. The van der Waals surface area contributed by atoms with Gasteiger partial charge in [-0.1, -0.05) is 44.1 Å². The maximum atomic E-state index is 12.8. The van der Waals surface area contributed by atoms with Crippen molar-refractivity contribution in [3.05, 3.63) is 47.2 Å². The highest BCUT2D eigenvalue weighted by Crippen LogP contribution is 2.34. The first kappa shape index (κ1) is 18.7. The van der Waals surface area contributed by atoms with Crippen LogP contribution in [0.3, 0.4) is 0 Å². The monoisotopic (exact) mass is 380 g/mol. The molecule has 0 radical (unpaired) electrons. The van der Waals surface area contributed by atoms with Gasteiger partial charge in [0.15, 0.2) is 5.82 Å². The number of hydrogen-bond acceptors (Lipinski definition) is 4. The van der Waals surface area contributed by atoms with Gasteiger partial charge in [-0.2, -0.15) is 4.98 Å². The molecule has 0 saturated heterocycles. The van der Waals surface area contributed by atoms with Crippen molar-refractivity contribution >= 4 is 16.8 Å². The summed E-state index contributed by atoms with van der Waals surface area (Å²) in [6, 6.07) is 8.44. The van der Waals surface area contributed by atoms with Crippen molar-refractivity contribution in [3.63, 3.8) is 0 Å². The Morgan fingerprint density at radius 3 is 2.86 bits per heavy atom. The molecule has 0 spiro atoms. The highest BCUT2D eigenvalue weighted by molar-refractivity contribution is 5.86. The van der Waals surface area contributed by atoms with E-state index in [2.05, 4.69) is 61.0 Å². The van der Waals surface area contributed by atoms with Gasteiger partial charge in [-0.25, -0.2) is 0 Å². The molecule has 4 rings (SSSR count). The summed E-state index contributed by atoms with van der Waals surface area (Å²) in [6.45, 7) is 9.05. The van der Waals surface area contributed by atoms with Crippen molar-refractivity contribution in [1.82, 2.24) is 20.0 Å². The number of aromatic nitrogens is 3. The fourth-order valence-electron chi connectivity index (χ4n) is 3.96. The number of nitrogens with one attached hydrogen (secondary N) is 1. The maximum absolute atomic E-state index is 12.8. The second-order valence-corrected chi connectivity index (χ2v) is 8.69. The molecule has 1 N–H and O–H groups in total. The summed E-state index contributed by atoms with van der Waals surface area (Å²) in [5, 5.41) is 5.33. The number of para-hydroxylation sites is 1. The van der Waals surface area contributed by atoms with Crippen LogP contribution < -0.4 is 0 Å². The SMILES string of the molecule is C[C@@H]1c2[nH]c3ccccc3c2CCN1C(=O)CCCc1nc(C(C)(C)C)no1. The number of aryl methyl sites for hydroxylation is 1. The Bertz CT molecular complexity index is 996. The third-order valence-corrected chi connectivity index (χ3v) is 5.58. The van der Waals surface area contributed by atoms with Crippen molar-refractivity contribution in [1.29, 1.82) is 0 Å². The molecule has 0 aliphatic carbocycles. The highest BCUT2D eigenvalue weighted by atomic mass is 16.5. The average Bonchev–Trinajstić information content (AvgIpc) is 3.27. The molecule has 2 aromatic heterocycles. The third kappa shape index (κ3) is 3.43. The van der Waals surface area contributed by atoms with E-state index >= 15 is 0 Å². The van der Waals surface area contributed by atoms with E-state index in [1.165, 1.54) is 16.6 Å². The second-order valence-electron chi connectivity index (χ2n) is 8.69. The second kappa shape index (κ2) is 7.08. The molecule has 6 nitrogen and oxygen atoms in total. The lowest BCUT2D eigenvalue weighted by Gasteiger charge is -2.33. The molecule has 1 aliphatic heterocycles. The van der Waals surface area contributed by atoms with Crippen LogP contribution in [0.5, 0.6) is 0 Å². The lowest BCUT2D eigenvalue weighted by atomic mass is 9.96. The van der Waals surface area contributed by atoms with Crippen molar-refractivity contribution < 1.29 is 9.32 Å². The smallest absolute Gasteiger partial charge is 0.226 e. The molecule has 0 fully saturated rings. The number of carbonyl (C=O) groups excluding carboxylic acids is 1. The average molecular weight is 380 g/mol. The first-order chi connectivity index (χ1) is 13.3. The minimum Gasteiger partial charge on any atom is -0.356 e. The predicted molar refractivity (Wildman–Crippen MR) is 108 cm³/mol. The van der Waals surface area contributed by atoms with Gasteiger partial charge in [0.2, 0.25) is 11.8 Å². The van der Waals surface area contributed by atoms with Crippen LogP contribution in [0.1, 0.15) is 69.6 Å². The summed E-state index contributed by atoms with van der Waals surface area (Å²) < 4.78 is 5.33. The molecule has 0 unspecified atom stereocenters. The zero-order valence-corrected chi connectivity index (χ0v) is 17.1. The van der Waals surface area contributed by atoms with Gasteiger partial charge in [-0.3, -0.25) is 4.79 Å². The predicted octanol–water partition coefficient (Wildman–Crippen LogP) is 4.32. The van der Waals surface area contributed by atoms with Gasteiger partial charge in [0, 0.05) is 41.4 Å². The minimum absolute atomic E-state index is 0.0690. The van der Waals surface area contributed by atoms with Gasteiger partial charge in [0.05, 0.1) is 6.04 Å². The van der Waals surface area contributed by atoms with Crippen LogP contribution in [0, 0.1) is 0 Å². The number of amides is 1. The van der Waals surface area contributed by atoms with Crippen LogP contribution in [0.4, 0.5) is 0 Å². The summed E-state index contributed by atoms with van der Waals surface area (Å²) in [7, 11) is 0. The van der Waals surface area contributed by atoms with Gasteiger partial charge >= 0.3 is 0 Å². The highest BCUT2D eigenvalue weighted by Gasteiger charge is 2.30. The van der Waals surface area contributed by atoms with Gasteiger partial charge in [0.25, 0.3) is 0 Å². The van der Waals surface area contributed by atoms with Crippen molar-refractivity contribution in [3.8, 4) is 0 Å². The number of rotatable bonds is 4. The first-order valence-electron chi connectivity index (χ1n) is 10.1. The number of benzene rings is 1. The molecule has 1 aliphatic rings. The van der Waals surface area contributed by atoms with E-state index in [-0.39, 0.29) is 17.4 Å². The molecule has 148 valence electrons. The normalized spacial score (nSPS) is 17.1. The van der Waals surface area contributed by atoms with Crippen molar-refractivity contribution in [2.45, 2.75) is 64.8 Å². The number of hydrogen-bond donors (Lipinski definition) is 1. The van der Waals surface area contributed by atoms with Gasteiger partial charge < -0.3 is 14.4 Å². The molecule has 3 heterocycles. The lowest BCUT2D eigenvalue weighted by Crippen LogP contribution is -2.38. The maximum Gasteiger partial charge on any atom is 0.226 e. The molecule has 0 saturated carbocycles. The lowest BCUT2D eigenvalue weighted by molar-refractivity contribution is -0.133. The van der Waals surface area contributed by atoms with E-state index in [1.54, 1.807) is 0 Å². The molecule has 3 aromatic rings. The Morgan fingerprint density at radius 2 is 2.11 bits per heavy atom. The molecular formula is C22H28N4O2. The Balaban J connectivity index is 1.38. The van der Waals surface area contributed by atoms with Gasteiger partial charge in [0.1, 0.15) is 0 Å². The summed E-state index contributed by atoms with van der Waals surface area (Å²) >= 11 is 0. The molecular weight excluding hydrogens is 352 g/mol. The quantitative estimate of drug-likeness (QED) is 0.731. The topological polar surface area (TPSA) is 75.0 Å². The number of H-pyrrole nitrogens is 1. The van der Waals surface area contributed by atoms with Crippen molar-refractivity contribution in [2.75, 3.05) is 6.54 Å². The van der Waals surface area contributed by atoms with Crippen LogP contribution in [0.15, 0.2) is 28.8 Å². The molecule has 0 bridgehead atoms. The first-order valence-corrected chi connectivity index (χ1v) is 10.1. The van der Waals surface area contributed by atoms with Crippen LogP contribution in [-0.2, 0) is 23.1 Å². The summed E-state index contributed by atoms with van der Waals surface area (Å²) in [6.07, 6.45) is 2.74. The molecule has 1 atom stereocenters. The summed E-state index contributed by atoms with van der Waals surface area (Å²) in [5.41, 5.74) is 3.55. The number of fused-ring (bicyclic) bond motifs is 3. The molecule has 6 heteroatoms. The van der Waals surface area contributed by atoms with E-state index in [9.17, 15) is 4.79 Å². The zero-order valence-electron chi connectivity index (χ0n) is 17.1. The van der Waals surface area contributed by atoms with E-state index in [0.717, 1.165) is 18.5 Å². The third-order valence-electron chi connectivity index (χ3n) is 5.58. The van der Waals surface area contributed by atoms with Crippen LogP contribution in [-0.4, -0.2) is 32.5 Å². The number of nitrogens with zero attached hydrogens (tertiary/aromatic N) is 3. The van der Waals surface area contributed by atoms with E-state index in [4.69, 9.17) is 4.52 Å². The number of carbonyl (C=O) groups is 1. The fourth-order valence-corrected chi connectivity index (χ4v) is 3.96. The van der Waals surface area contributed by atoms with E-state index in [1.807, 2.05) is 11.0 Å². The zero-order chi connectivity index (χ0) is 19.9. The van der Waals surface area contributed by atoms with Crippen LogP contribution in [0.2, 0.25) is 0 Å².